The van der Waals surface area contributed by atoms with Crippen LogP contribution in [0.2, 0.25) is 0 Å². The van der Waals surface area contributed by atoms with E-state index in [2.05, 4.69) is 4.98 Å². The van der Waals surface area contributed by atoms with Crippen LogP contribution in [-0.2, 0) is 11.0 Å². The van der Waals surface area contributed by atoms with E-state index in [1.807, 2.05) is 6.92 Å². The Hall–Kier alpha value is -1.48. The van der Waals surface area contributed by atoms with Crippen molar-refractivity contribution in [2.45, 2.75) is 13.3 Å². The number of nitrogens with two attached hydrogens (primary N) is 1. The van der Waals surface area contributed by atoms with Crippen molar-refractivity contribution in [3.63, 3.8) is 0 Å². The fraction of sp³-hybridized carbons (Fsp3) is 0.222. The first kappa shape index (κ1) is 7.77. The molecule has 0 radical (unpaired) electrons. The van der Waals surface area contributed by atoms with Crippen molar-refractivity contribution in [3.05, 3.63) is 5.76 Å². The van der Waals surface area contributed by atoms with Crippen LogP contribution in [-0.4, -0.2) is 4.98 Å². The molecule has 0 aromatic carbocycles. The number of aromatic nitrogens is 1. The lowest BCUT2D eigenvalue weighted by Crippen LogP contribution is -1.97. The number of hydrogen-bond donors (Lipinski definition) is 1. The van der Waals surface area contributed by atoms with Crippen molar-refractivity contribution in [1.29, 1.82) is 0 Å². The minimum atomic E-state index is -2.17. The van der Waals surface area contributed by atoms with Gasteiger partial charge >= 0.3 is 0 Å². The highest BCUT2D eigenvalue weighted by molar-refractivity contribution is 8.06. The Bertz CT molecular complexity index is 658. The summed E-state index contributed by atoms with van der Waals surface area (Å²) >= 11 is 0. The van der Waals surface area contributed by atoms with E-state index in [-0.39, 0.29) is 6.01 Å². The first-order chi connectivity index (χ1) is 7.17. The Morgan fingerprint density at radius 2 is 2.13 bits per heavy atom. The summed E-state index contributed by atoms with van der Waals surface area (Å²) in [5, 5.41) is 1.79. The Labute approximate surface area is 84.6 Å². The van der Waals surface area contributed by atoms with E-state index in [0.717, 1.165) is 10.6 Å². The summed E-state index contributed by atoms with van der Waals surface area (Å²) in [6.07, 6.45) is 0.689. The molecule has 5 heterocycles. The van der Waals surface area contributed by atoms with Gasteiger partial charge in [-0.3, -0.25) is 0 Å². The maximum Gasteiger partial charge on any atom is 0.292 e. The van der Waals surface area contributed by atoms with Crippen LogP contribution < -0.4 is 21.8 Å². The number of anilines is 1. The molecule has 0 saturated heterocycles. The van der Waals surface area contributed by atoms with E-state index in [1.165, 1.54) is 0 Å². The van der Waals surface area contributed by atoms with Crippen molar-refractivity contribution < 1.29 is 13.4 Å². The normalized spacial score (nSPS) is 24.1. The maximum atomic E-state index is 11.8. The van der Waals surface area contributed by atoms with E-state index < -0.39 is 7.14 Å². The lowest BCUT2D eigenvalue weighted by Gasteiger charge is -1.90. The van der Waals surface area contributed by atoms with Gasteiger partial charge in [-0.05, 0) is 0 Å². The molecule has 2 aromatic rings. The molecule has 3 aliphatic rings. The maximum absolute atomic E-state index is 11.8. The zero-order valence-electron chi connectivity index (χ0n) is 7.90. The second kappa shape index (κ2) is 1.91. The van der Waals surface area contributed by atoms with Crippen LogP contribution >= 0.6 is 7.14 Å². The van der Waals surface area contributed by atoms with Gasteiger partial charge in [0.05, 0.1) is 10.6 Å². The number of nitrogens with zero attached hydrogens (tertiary/aromatic N) is 1. The van der Waals surface area contributed by atoms with Gasteiger partial charge in [0.15, 0.2) is 17.0 Å². The van der Waals surface area contributed by atoms with E-state index in [0.29, 0.717) is 29.1 Å². The highest BCUT2D eigenvalue weighted by atomic mass is 31.2. The molecule has 5 nitrogen and oxygen atoms in total. The predicted octanol–water partition coefficient (Wildman–Crippen LogP) is 0.345. The average Bonchev–Trinajstić information content (AvgIpc) is 2.79. The topological polar surface area (TPSA) is 82.3 Å². The predicted molar refractivity (Wildman–Crippen MR) is 54.5 cm³/mol. The van der Waals surface area contributed by atoms with Crippen molar-refractivity contribution in [1.82, 2.24) is 4.98 Å². The van der Waals surface area contributed by atoms with Gasteiger partial charge in [0.2, 0.25) is 7.14 Å². The summed E-state index contributed by atoms with van der Waals surface area (Å²) < 4.78 is 22.4. The lowest BCUT2D eigenvalue weighted by atomic mass is 10.2. The second-order valence-electron chi connectivity index (χ2n) is 3.72. The molecule has 0 fully saturated rings. The number of fused-ring (bicyclic) bond motifs is 1. The zero-order valence-corrected chi connectivity index (χ0v) is 8.80. The van der Waals surface area contributed by atoms with Crippen LogP contribution in [0, 0.1) is 0 Å². The summed E-state index contributed by atoms with van der Waals surface area (Å²) in [5.41, 5.74) is 6.78. The SMILES string of the molecule is CCc1oc(N)nc1-c1oc2c3c1P23=O. The molecule has 0 spiro atoms. The zero-order chi connectivity index (χ0) is 10.4. The summed E-state index contributed by atoms with van der Waals surface area (Å²) in [4.78, 5) is 4.07. The summed E-state index contributed by atoms with van der Waals surface area (Å²) in [6.45, 7) is 1.95. The van der Waals surface area contributed by atoms with Crippen LogP contribution in [0.1, 0.15) is 12.7 Å². The molecular formula is C9H7N2O3P. The molecule has 3 aliphatic heterocycles. The standard InChI is InChI=1S/C9H7N2O3P/c1-2-3-4(11-9(10)13-3)5-6-7-8(14-5)15(6,7)12/h2H2,1H3,(H2,10,11). The first-order valence-corrected chi connectivity index (χ1v) is 6.42. The van der Waals surface area contributed by atoms with Crippen molar-refractivity contribution >= 4 is 29.3 Å². The lowest BCUT2D eigenvalue weighted by molar-refractivity contribution is 0.528. The van der Waals surface area contributed by atoms with E-state index in [9.17, 15) is 4.57 Å². The Morgan fingerprint density at radius 3 is 2.67 bits per heavy atom. The van der Waals surface area contributed by atoms with Crippen LogP contribution in [0.25, 0.3) is 11.5 Å². The molecule has 15 heavy (non-hydrogen) atoms. The smallest absolute Gasteiger partial charge is 0.292 e. The minimum absolute atomic E-state index is 0.130. The van der Waals surface area contributed by atoms with E-state index in [1.54, 1.807) is 0 Å². The average molecular weight is 222 g/mol. The van der Waals surface area contributed by atoms with Gasteiger partial charge in [-0.1, -0.05) is 6.92 Å². The number of rotatable bonds is 2. The molecule has 76 valence electrons. The molecule has 0 saturated carbocycles. The van der Waals surface area contributed by atoms with Gasteiger partial charge < -0.3 is 19.1 Å². The number of aryl methyl sites for hydroxylation is 1. The fourth-order valence-corrected chi connectivity index (χ4v) is 4.53. The molecule has 2 aromatic heterocycles. The number of oxazole rings is 1. The fourth-order valence-electron chi connectivity index (χ4n) is 2.05. The van der Waals surface area contributed by atoms with Crippen LogP contribution in [0.4, 0.5) is 6.01 Å². The summed E-state index contributed by atoms with van der Waals surface area (Å²) in [5.74, 6) is 1.30. The van der Waals surface area contributed by atoms with E-state index >= 15 is 0 Å². The molecule has 1 atom stereocenters. The monoisotopic (exact) mass is 222 g/mol. The third-order valence-electron chi connectivity index (χ3n) is 2.91. The molecule has 2 bridgehead atoms. The second-order valence-corrected chi connectivity index (χ2v) is 6.24. The van der Waals surface area contributed by atoms with Crippen LogP contribution in [0.5, 0.6) is 0 Å². The van der Waals surface area contributed by atoms with Gasteiger partial charge in [0.25, 0.3) is 6.01 Å². The van der Waals surface area contributed by atoms with Crippen molar-refractivity contribution in [2.75, 3.05) is 5.73 Å². The minimum Gasteiger partial charge on any atom is -0.449 e. The number of furan rings is 1. The van der Waals surface area contributed by atoms with Gasteiger partial charge in [-0.25, -0.2) is 0 Å². The van der Waals surface area contributed by atoms with Crippen molar-refractivity contribution in [2.24, 2.45) is 0 Å². The molecule has 2 N–H and O–H groups in total. The van der Waals surface area contributed by atoms with Crippen LogP contribution in [0.3, 0.4) is 0 Å². The molecule has 5 rings (SSSR count). The van der Waals surface area contributed by atoms with Gasteiger partial charge in [-0.15, -0.1) is 0 Å². The van der Waals surface area contributed by atoms with Gasteiger partial charge in [-0.2, -0.15) is 4.98 Å². The Morgan fingerprint density at radius 1 is 1.40 bits per heavy atom. The third-order valence-corrected chi connectivity index (χ3v) is 5.46. The number of nitrogen functional groups attached to an aromatic ring is 1. The number of hydrogen-bond acceptors (Lipinski definition) is 5. The highest BCUT2D eigenvalue weighted by Gasteiger charge is 2.75. The van der Waals surface area contributed by atoms with Gasteiger partial charge in [0.1, 0.15) is 5.76 Å². The molecule has 1 unspecified atom stereocenters. The first-order valence-electron chi connectivity index (χ1n) is 4.72. The molecule has 6 heteroatoms. The largest absolute Gasteiger partial charge is 0.449 e. The quantitative estimate of drug-likeness (QED) is 0.494. The summed E-state index contributed by atoms with van der Waals surface area (Å²) in [7, 11) is -2.17. The van der Waals surface area contributed by atoms with Crippen molar-refractivity contribution in [3.8, 4) is 11.5 Å². The molecule has 0 amide bonds. The molecular weight excluding hydrogens is 215 g/mol. The van der Waals surface area contributed by atoms with Gasteiger partial charge in [0, 0.05) is 6.42 Å². The Kier molecular flexibility index (Phi) is 0.987. The third kappa shape index (κ3) is 0.640. The summed E-state index contributed by atoms with van der Waals surface area (Å²) in [6, 6.07) is 0.130. The Balaban J connectivity index is 1.95. The van der Waals surface area contributed by atoms with Crippen LogP contribution in [0.15, 0.2) is 8.83 Å². The highest BCUT2D eigenvalue weighted by Crippen LogP contribution is 2.70. The van der Waals surface area contributed by atoms with E-state index in [4.69, 9.17) is 14.6 Å². The molecule has 0 aliphatic carbocycles.